The third kappa shape index (κ3) is 5.17. The highest BCUT2D eigenvalue weighted by atomic mass is 32.3. The van der Waals surface area contributed by atoms with E-state index in [1.54, 1.807) is 0 Å². The van der Waals surface area contributed by atoms with Crippen LogP contribution >= 0.6 is 0 Å². The van der Waals surface area contributed by atoms with Crippen molar-refractivity contribution < 1.29 is 12.3 Å². The molecule has 0 aromatic rings. The fourth-order valence-electron chi connectivity index (χ4n) is 1.51. The average Bonchev–Trinajstić information content (AvgIpc) is 2.04. The summed E-state index contributed by atoms with van der Waals surface area (Å²) in [6.07, 6.45) is 3.55. The van der Waals surface area contributed by atoms with Gasteiger partial charge in [0, 0.05) is 13.1 Å². The molecule has 1 aliphatic heterocycles. The van der Waals surface area contributed by atoms with Crippen LogP contribution in [-0.2, 0) is 10.4 Å². The first-order valence-corrected chi connectivity index (χ1v) is 5.88. The lowest BCUT2D eigenvalue weighted by molar-refractivity contribution is 0.232. The smallest absolute Gasteiger partial charge is 0.302 e. The molecule has 1 heterocycles. The standard InChI is InChI=1S/C7H15FN2O2S/c8-13(11,12)9-4-7-10-5-2-1-3-6-10/h9H,1-7H2. The van der Waals surface area contributed by atoms with Crippen molar-refractivity contribution in [3.05, 3.63) is 0 Å². The lowest BCUT2D eigenvalue weighted by Crippen LogP contribution is -2.36. The van der Waals surface area contributed by atoms with E-state index >= 15 is 0 Å². The van der Waals surface area contributed by atoms with Gasteiger partial charge in [0.05, 0.1) is 0 Å². The molecule has 6 heteroatoms. The van der Waals surface area contributed by atoms with E-state index in [0.717, 1.165) is 25.9 Å². The van der Waals surface area contributed by atoms with Crippen molar-refractivity contribution in [1.29, 1.82) is 0 Å². The molecule has 0 bridgehead atoms. The number of likely N-dealkylation sites (tertiary alicyclic amines) is 1. The summed E-state index contributed by atoms with van der Waals surface area (Å²) in [6.45, 7) is 2.75. The van der Waals surface area contributed by atoms with Crippen LogP contribution in [0, 0.1) is 0 Å². The van der Waals surface area contributed by atoms with Gasteiger partial charge in [-0.05, 0) is 25.9 Å². The largest absolute Gasteiger partial charge is 0.372 e. The van der Waals surface area contributed by atoms with Gasteiger partial charge in [0.25, 0.3) is 0 Å². The second-order valence-electron chi connectivity index (χ2n) is 3.23. The molecule has 1 aliphatic rings. The summed E-state index contributed by atoms with van der Waals surface area (Å²) in [7, 11) is -4.50. The van der Waals surface area contributed by atoms with Crippen LogP contribution < -0.4 is 4.72 Å². The van der Waals surface area contributed by atoms with E-state index in [1.807, 2.05) is 4.72 Å². The second kappa shape index (κ2) is 4.88. The van der Waals surface area contributed by atoms with Crippen LogP contribution in [0.5, 0.6) is 0 Å². The molecular formula is C7H15FN2O2S. The first kappa shape index (κ1) is 10.9. The van der Waals surface area contributed by atoms with Gasteiger partial charge in [-0.1, -0.05) is 10.3 Å². The van der Waals surface area contributed by atoms with E-state index in [-0.39, 0.29) is 6.54 Å². The molecule has 0 spiro atoms. The van der Waals surface area contributed by atoms with E-state index in [4.69, 9.17) is 0 Å². The van der Waals surface area contributed by atoms with E-state index in [9.17, 15) is 12.3 Å². The quantitative estimate of drug-likeness (QED) is 0.678. The molecule has 1 rings (SSSR count). The monoisotopic (exact) mass is 210 g/mol. The molecule has 0 atom stereocenters. The van der Waals surface area contributed by atoms with E-state index in [0.29, 0.717) is 6.54 Å². The van der Waals surface area contributed by atoms with Crippen LogP contribution in [0.4, 0.5) is 3.89 Å². The summed E-state index contributed by atoms with van der Waals surface area (Å²) in [5.41, 5.74) is 0. The molecule has 0 saturated carbocycles. The lowest BCUT2D eigenvalue weighted by atomic mass is 10.1. The molecule has 0 aromatic carbocycles. The van der Waals surface area contributed by atoms with Gasteiger partial charge in [0.2, 0.25) is 0 Å². The Bertz CT molecular complexity index is 237. The number of halogens is 1. The Morgan fingerprint density at radius 3 is 2.38 bits per heavy atom. The average molecular weight is 210 g/mol. The molecule has 0 aromatic heterocycles. The molecule has 0 amide bonds. The van der Waals surface area contributed by atoms with Gasteiger partial charge in [-0.3, -0.25) is 0 Å². The Hall–Kier alpha value is -0.200. The van der Waals surface area contributed by atoms with E-state index in [1.165, 1.54) is 6.42 Å². The maximum Gasteiger partial charge on any atom is 0.372 e. The molecule has 4 nitrogen and oxygen atoms in total. The minimum atomic E-state index is -4.50. The fraction of sp³-hybridized carbons (Fsp3) is 1.00. The van der Waals surface area contributed by atoms with Crippen molar-refractivity contribution in [3.8, 4) is 0 Å². The van der Waals surface area contributed by atoms with Gasteiger partial charge in [0.15, 0.2) is 0 Å². The Labute approximate surface area is 78.5 Å². The normalized spacial score (nSPS) is 20.4. The number of hydrogen-bond acceptors (Lipinski definition) is 3. The van der Waals surface area contributed by atoms with Crippen LogP contribution in [-0.4, -0.2) is 39.5 Å². The summed E-state index contributed by atoms with van der Waals surface area (Å²) >= 11 is 0. The zero-order valence-electron chi connectivity index (χ0n) is 7.50. The molecule has 0 unspecified atom stereocenters. The maximum atomic E-state index is 12.0. The molecule has 78 valence electrons. The second-order valence-corrected chi connectivity index (χ2v) is 4.40. The zero-order chi connectivity index (χ0) is 9.73. The zero-order valence-corrected chi connectivity index (χ0v) is 8.32. The third-order valence-electron chi connectivity index (χ3n) is 2.15. The molecule has 0 radical (unpaired) electrons. The Morgan fingerprint density at radius 2 is 1.85 bits per heavy atom. The first-order valence-electron chi connectivity index (χ1n) is 4.49. The molecule has 13 heavy (non-hydrogen) atoms. The van der Waals surface area contributed by atoms with Crippen molar-refractivity contribution >= 4 is 10.4 Å². The third-order valence-corrected chi connectivity index (χ3v) is 2.70. The summed E-state index contributed by atoms with van der Waals surface area (Å²) in [5.74, 6) is 0. The van der Waals surface area contributed by atoms with Gasteiger partial charge < -0.3 is 4.90 Å². The summed E-state index contributed by atoms with van der Waals surface area (Å²) < 4.78 is 34.0. The topological polar surface area (TPSA) is 49.4 Å². The Balaban J connectivity index is 2.11. The Morgan fingerprint density at radius 1 is 1.23 bits per heavy atom. The first-order chi connectivity index (χ1) is 6.08. The van der Waals surface area contributed by atoms with Crippen LogP contribution in [0.15, 0.2) is 0 Å². The number of hydrogen-bond donors (Lipinski definition) is 1. The maximum absolute atomic E-state index is 12.0. The molecule has 1 saturated heterocycles. The molecule has 1 fully saturated rings. The lowest BCUT2D eigenvalue weighted by Gasteiger charge is -2.25. The van der Waals surface area contributed by atoms with Gasteiger partial charge in [-0.25, -0.2) is 0 Å². The van der Waals surface area contributed by atoms with Gasteiger partial charge in [-0.2, -0.15) is 13.1 Å². The Kier molecular flexibility index (Phi) is 4.08. The fourth-order valence-corrected chi connectivity index (χ4v) is 1.84. The van der Waals surface area contributed by atoms with Crippen LogP contribution in [0.2, 0.25) is 0 Å². The van der Waals surface area contributed by atoms with Crippen molar-refractivity contribution in [3.63, 3.8) is 0 Å². The summed E-state index contributed by atoms with van der Waals surface area (Å²) in [6, 6.07) is 0. The highest BCUT2D eigenvalue weighted by molar-refractivity contribution is 7.84. The molecule has 0 aliphatic carbocycles. The van der Waals surface area contributed by atoms with Crippen LogP contribution in [0.25, 0.3) is 0 Å². The van der Waals surface area contributed by atoms with Gasteiger partial charge >= 0.3 is 10.4 Å². The van der Waals surface area contributed by atoms with E-state index < -0.39 is 10.4 Å². The number of rotatable bonds is 4. The minimum Gasteiger partial charge on any atom is -0.302 e. The van der Waals surface area contributed by atoms with Crippen molar-refractivity contribution in [2.24, 2.45) is 0 Å². The van der Waals surface area contributed by atoms with E-state index in [2.05, 4.69) is 4.90 Å². The predicted molar refractivity (Wildman–Crippen MR) is 48.3 cm³/mol. The highest BCUT2D eigenvalue weighted by Gasteiger charge is 2.11. The van der Waals surface area contributed by atoms with Gasteiger partial charge in [0.1, 0.15) is 0 Å². The van der Waals surface area contributed by atoms with Crippen LogP contribution in [0.1, 0.15) is 19.3 Å². The highest BCUT2D eigenvalue weighted by Crippen LogP contribution is 2.07. The summed E-state index contributed by atoms with van der Waals surface area (Å²) in [4.78, 5) is 2.14. The van der Waals surface area contributed by atoms with Crippen molar-refractivity contribution in [2.75, 3.05) is 26.2 Å². The van der Waals surface area contributed by atoms with Gasteiger partial charge in [-0.15, -0.1) is 0 Å². The SMILES string of the molecule is O=S(=O)(F)NCCN1CCCCC1. The number of piperidine rings is 1. The van der Waals surface area contributed by atoms with Crippen molar-refractivity contribution in [2.45, 2.75) is 19.3 Å². The van der Waals surface area contributed by atoms with Crippen molar-refractivity contribution in [1.82, 2.24) is 9.62 Å². The molecular weight excluding hydrogens is 195 g/mol. The number of nitrogens with zero attached hydrogens (tertiary/aromatic N) is 1. The van der Waals surface area contributed by atoms with Crippen LogP contribution in [0.3, 0.4) is 0 Å². The summed E-state index contributed by atoms with van der Waals surface area (Å²) in [5, 5.41) is 0. The minimum absolute atomic E-state index is 0.166. The number of nitrogens with one attached hydrogen (secondary N) is 1. The molecule has 1 N–H and O–H groups in total. The predicted octanol–water partition coefficient (Wildman–Crippen LogP) is 0.276.